The number of H-pyrrole nitrogens is 1. The lowest BCUT2D eigenvalue weighted by molar-refractivity contribution is 0.598. The summed E-state index contributed by atoms with van der Waals surface area (Å²) in [7, 11) is -3.72. The summed E-state index contributed by atoms with van der Waals surface area (Å²) < 4.78 is 27.1. The van der Waals surface area contributed by atoms with Crippen molar-refractivity contribution in [1.29, 1.82) is 0 Å². The van der Waals surface area contributed by atoms with E-state index in [9.17, 15) is 8.42 Å². The first kappa shape index (κ1) is 15.1. The third kappa shape index (κ3) is 3.62. The number of aromatic amines is 1. The van der Waals surface area contributed by atoms with E-state index < -0.39 is 10.0 Å². The van der Waals surface area contributed by atoms with Gasteiger partial charge >= 0.3 is 0 Å². The molecule has 0 aliphatic carbocycles. The fraction of sp³-hybridized carbons (Fsp3) is 0.214. The van der Waals surface area contributed by atoms with E-state index in [0.29, 0.717) is 17.1 Å². The van der Waals surface area contributed by atoms with E-state index in [2.05, 4.69) is 26.5 Å². The van der Waals surface area contributed by atoms with Crippen LogP contribution >= 0.6 is 0 Å². The van der Waals surface area contributed by atoms with Gasteiger partial charge in [0.05, 0.1) is 18.4 Å². The first-order valence-electron chi connectivity index (χ1n) is 6.26. The van der Waals surface area contributed by atoms with Crippen LogP contribution in [0.3, 0.4) is 0 Å². The van der Waals surface area contributed by atoms with Crippen molar-refractivity contribution in [3.05, 3.63) is 41.3 Å². The highest BCUT2D eigenvalue weighted by molar-refractivity contribution is 7.92. The number of sulfonamides is 1. The first-order valence-corrected chi connectivity index (χ1v) is 7.75. The van der Waals surface area contributed by atoms with Gasteiger partial charge in [0.15, 0.2) is 5.03 Å². The molecule has 0 spiro atoms. The molecule has 110 valence electrons. The van der Waals surface area contributed by atoms with Gasteiger partial charge in [0, 0.05) is 5.56 Å². The zero-order valence-corrected chi connectivity index (χ0v) is 12.6. The van der Waals surface area contributed by atoms with E-state index in [1.807, 2.05) is 13.0 Å². The van der Waals surface area contributed by atoms with Crippen molar-refractivity contribution < 1.29 is 8.42 Å². The number of rotatable bonds is 3. The number of hydrogen-bond acceptors (Lipinski definition) is 4. The van der Waals surface area contributed by atoms with Crippen LogP contribution in [0.15, 0.2) is 29.4 Å². The zero-order valence-electron chi connectivity index (χ0n) is 11.8. The molecule has 21 heavy (non-hydrogen) atoms. The van der Waals surface area contributed by atoms with Gasteiger partial charge in [-0.3, -0.25) is 4.72 Å². The van der Waals surface area contributed by atoms with Crippen LogP contribution in [0.25, 0.3) is 0 Å². The molecule has 0 fully saturated rings. The van der Waals surface area contributed by atoms with Gasteiger partial charge in [-0.25, -0.2) is 4.98 Å². The molecule has 0 aliphatic rings. The molecular weight excluding hydrogens is 288 g/mol. The number of aromatic nitrogens is 2. The van der Waals surface area contributed by atoms with E-state index in [4.69, 9.17) is 5.73 Å². The molecule has 0 saturated carbocycles. The molecule has 0 saturated heterocycles. The van der Waals surface area contributed by atoms with Crippen LogP contribution in [0.1, 0.15) is 17.0 Å². The lowest BCUT2D eigenvalue weighted by Gasteiger charge is -2.09. The lowest BCUT2D eigenvalue weighted by atomic mass is 10.1. The smallest absolute Gasteiger partial charge is 0.279 e. The zero-order chi connectivity index (χ0) is 15.5. The van der Waals surface area contributed by atoms with Crippen LogP contribution in [-0.4, -0.2) is 24.9 Å². The molecule has 0 radical (unpaired) electrons. The molecule has 1 aromatic carbocycles. The molecule has 2 aromatic rings. The number of nitrogens with two attached hydrogens (primary N) is 1. The highest BCUT2D eigenvalue weighted by Gasteiger charge is 2.18. The van der Waals surface area contributed by atoms with Crippen LogP contribution in [0.2, 0.25) is 0 Å². The molecule has 0 unspecified atom stereocenters. The average molecular weight is 304 g/mol. The first-order chi connectivity index (χ1) is 9.92. The Morgan fingerprint density at radius 3 is 2.76 bits per heavy atom. The van der Waals surface area contributed by atoms with Gasteiger partial charge in [-0.1, -0.05) is 17.9 Å². The summed E-state index contributed by atoms with van der Waals surface area (Å²) in [6, 6.07) is 5.34. The number of imidazole rings is 1. The molecule has 6 nitrogen and oxygen atoms in total. The van der Waals surface area contributed by atoms with E-state index in [1.54, 1.807) is 19.1 Å². The maximum Gasteiger partial charge on any atom is 0.279 e. The number of anilines is 1. The Balaban J connectivity index is 2.41. The standard InChI is InChI=1S/C14H16N4O2S/c1-10-5-6-12(4-3-7-15)13(8-10)18-21(19,20)14-9-16-11(2)17-14/h5-6,8-9,18H,7,15H2,1-2H3,(H,16,17). The van der Waals surface area contributed by atoms with E-state index >= 15 is 0 Å². The van der Waals surface area contributed by atoms with Gasteiger partial charge < -0.3 is 10.7 Å². The Morgan fingerprint density at radius 2 is 2.14 bits per heavy atom. The quantitative estimate of drug-likeness (QED) is 0.740. The van der Waals surface area contributed by atoms with Crippen LogP contribution in [0.5, 0.6) is 0 Å². The van der Waals surface area contributed by atoms with Crippen molar-refractivity contribution in [1.82, 2.24) is 9.97 Å². The van der Waals surface area contributed by atoms with Gasteiger partial charge in [0.25, 0.3) is 10.0 Å². The summed E-state index contributed by atoms with van der Waals surface area (Å²) in [6.07, 6.45) is 1.28. The predicted octanol–water partition coefficient (Wildman–Crippen LogP) is 1.14. The summed E-state index contributed by atoms with van der Waals surface area (Å²) in [6.45, 7) is 3.77. The maximum absolute atomic E-state index is 12.3. The lowest BCUT2D eigenvalue weighted by Crippen LogP contribution is -2.14. The number of hydrogen-bond donors (Lipinski definition) is 3. The molecule has 2 rings (SSSR count). The Kier molecular flexibility index (Phi) is 4.31. The Hall–Kier alpha value is -2.30. The average Bonchev–Trinajstić information content (AvgIpc) is 2.85. The fourth-order valence-corrected chi connectivity index (χ4v) is 2.77. The van der Waals surface area contributed by atoms with E-state index in [0.717, 1.165) is 5.56 Å². The van der Waals surface area contributed by atoms with Crippen molar-refractivity contribution in [2.45, 2.75) is 18.9 Å². The van der Waals surface area contributed by atoms with E-state index in [1.165, 1.54) is 6.20 Å². The molecule has 4 N–H and O–H groups in total. The Morgan fingerprint density at radius 1 is 1.38 bits per heavy atom. The second-order valence-corrected chi connectivity index (χ2v) is 6.14. The maximum atomic E-state index is 12.3. The number of nitrogens with zero attached hydrogens (tertiary/aromatic N) is 1. The predicted molar refractivity (Wildman–Crippen MR) is 81.2 cm³/mol. The molecule has 1 heterocycles. The van der Waals surface area contributed by atoms with Gasteiger partial charge in [0.1, 0.15) is 5.82 Å². The summed E-state index contributed by atoms with van der Waals surface area (Å²) in [4.78, 5) is 6.59. The summed E-state index contributed by atoms with van der Waals surface area (Å²) >= 11 is 0. The largest absolute Gasteiger partial charge is 0.332 e. The van der Waals surface area contributed by atoms with Crippen molar-refractivity contribution in [3.63, 3.8) is 0 Å². The Labute approximate surface area is 123 Å². The van der Waals surface area contributed by atoms with Crippen molar-refractivity contribution in [2.75, 3.05) is 11.3 Å². The topological polar surface area (TPSA) is 101 Å². The fourth-order valence-electron chi connectivity index (χ4n) is 1.73. The van der Waals surface area contributed by atoms with Crippen LogP contribution in [-0.2, 0) is 10.0 Å². The van der Waals surface area contributed by atoms with Crippen LogP contribution < -0.4 is 10.5 Å². The number of aryl methyl sites for hydroxylation is 2. The second-order valence-electron chi connectivity index (χ2n) is 4.49. The second kappa shape index (κ2) is 5.99. The molecule has 0 amide bonds. The van der Waals surface area contributed by atoms with Crippen molar-refractivity contribution in [2.24, 2.45) is 5.73 Å². The number of benzene rings is 1. The minimum absolute atomic E-state index is 0.0132. The third-order valence-corrected chi connectivity index (χ3v) is 3.99. The SMILES string of the molecule is Cc1ccc(C#CCN)c(NS(=O)(=O)c2cnc(C)[nH]2)c1. The minimum atomic E-state index is -3.72. The van der Waals surface area contributed by atoms with Crippen LogP contribution in [0.4, 0.5) is 5.69 Å². The minimum Gasteiger partial charge on any atom is -0.332 e. The van der Waals surface area contributed by atoms with Crippen molar-refractivity contribution >= 4 is 15.7 Å². The number of nitrogens with one attached hydrogen (secondary N) is 2. The normalized spacial score (nSPS) is 10.8. The highest BCUT2D eigenvalue weighted by atomic mass is 32.2. The molecule has 1 aromatic heterocycles. The summed E-state index contributed by atoms with van der Waals surface area (Å²) in [5.41, 5.74) is 7.27. The summed E-state index contributed by atoms with van der Waals surface area (Å²) in [5.74, 6) is 6.10. The summed E-state index contributed by atoms with van der Waals surface area (Å²) in [5, 5.41) is 0.0132. The highest BCUT2D eigenvalue weighted by Crippen LogP contribution is 2.20. The van der Waals surface area contributed by atoms with Crippen molar-refractivity contribution in [3.8, 4) is 11.8 Å². The van der Waals surface area contributed by atoms with Gasteiger partial charge in [-0.2, -0.15) is 8.42 Å². The van der Waals surface area contributed by atoms with Crippen LogP contribution in [0, 0.1) is 25.7 Å². The van der Waals surface area contributed by atoms with Gasteiger partial charge in [-0.15, -0.1) is 0 Å². The molecule has 0 bridgehead atoms. The molecular formula is C14H16N4O2S. The monoisotopic (exact) mass is 304 g/mol. The Bertz CT molecular complexity index is 813. The van der Waals surface area contributed by atoms with Gasteiger partial charge in [0.2, 0.25) is 0 Å². The molecule has 7 heteroatoms. The molecule has 0 aliphatic heterocycles. The third-order valence-electron chi connectivity index (χ3n) is 2.71. The van der Waals surface area contributed by atoms with Gasteiger partial charge in [-0.05, 0) is 31.5 Å². The molecule has 0 atom stereocenters. The van der Waals surface area contributed by atoms with E-state index in [-0.39, 0.29) is 11.6 Å².